The summed E-state index contributed by atoms with van der Waals surface area (Å²) >= 11 is 0. The molecule has 1 heterocycles. The SMILES string of the molecule is c1ccc(CCCNCC2CCOCC2)cc1. The number of aryl methyl sites for hydroxylation is 1. The van der Waals surface area contributed by atoms with Crippen LogP contribution in [0.3, 0.4) is 0 Å². The number of ether oxygens (including phenoxy) is 1. The fourth-order valence-electron chi connectivity index (χ4n) is 2.32. The summed E-state index contributed by atoms with van der Waals surface area (Å²) in [6.45, 7) is 4.21. The van der Waals surface area contributed by atoms with Gasteiger partial charge in [-0.2, -0.15) is 0 Å². The van der Waals surface area contributed by atoms with Gasteiger partial charge in [0.05, 0.1) is 0 Å². The standard InChI is InChI=1S/C15H23NO/c1-2-5-14(6-3-1)7-4-10-16-13-15-8-11-17-12-9-15/h1-3,5-6,15-16H,4,7-13H2. The van der Waals surface area contributed by atoms with Gasteiger partial charge in [0.2, 0.25) is 0 Å². The number of hydrogen-bond acceptors (Lipinski definition) is 2. The highest BCUT2D eigenvalue weighted by atomic mass is 16.5. The van der Waals surface area contributed by atoms with E-state index in [1.807, 2.05) is 0 Å². The molecular weight excluding hydrogens is 210 g/mol. The average molecular weight is 233 g/mol. The molecule has 1 aliphatic rings. The largest absolute Gasteiger partial charge is 0.381 e. The molecule has 94 valence electrons. The van der Waals surface area contributed by atoms with E-state index < -0.39 is 0 Å². The Bertz CT molecular complexity index is 293. The maximum Gasteiger partial charge on any atom is 0.0469 e. The quantitative estimate of drug-likeness (QED) is 0.763. The summed E-state index contributed by atoms with van der Waals surface area (Å²) in [6.07, 6.45) is 4.87. The summed E-state index contributed by atoms with van der Waals surface area (Å²) in [5, 5.41) is 3.57. The van der Waals surface area contributed by atoms with Gasteiger partial charge in [0.25, 0.3) is 0 Å². The lowest BCUT2D eigenvalue weighted by Crippen LogP contribution is -2.28. The van der Waals surface area contributed by atoms with E-state index in [1.54, 1.807) is 0 Å². The molecule has 0 aromatic heterocycles. The lowest BCUT2D eigenvalue weighted by Gasteiger charge is -2.22. The van der Waals surface area contributed by atoms with Gasteiger partial charge in [-0.05, 0) is 50.3 Å². The number of hydrogen-bond donors (Lipinski definition) is 1. The molecule has 2 rings (SSSR count). The van der Waals surface area contributed by atoms with Crippen LogP contribution in [0.15, 0.2) is 30.3 Å². The highest BCUT2D eigenvalue weighted by Gasteiger charge is 2.12. The first kappa shape index (κ1) is 12.6. The molecule has 1 N–H and O–H groups in total. The van der Waals surface area contributed by atoms with Crippen LogP contribution in [0.5, 0.6) is 0 Å². The van der Waals surface area contributed by atoms with Crippen LogP contribution in [-0.2, 0) is 11.2 Å². The highest BCUT2D eigenvalue weighted by molar-refractivity contribution is 5.14. The Hall–Kier alpha value is -0.860. The van der Waals surface area contributed by atoms with Crippen molar-refractivity contribution in [3.63, 3.8) is 0 Å². The Morgan fingerprint density at radius 3 is 2.65 bits per heavy atom. The first-order chi connectivity index (χ1) is 8.45. The second-order valence-corrected chi connectivity index (χ2v) is 4.85. The van der Waals surface area contributed by atoms with Crippen LogP contribution in [0, 0.1) is 5.92 Å². The van der Waals surface area contributed by atoms with Crippen molar-refractivity contribution in [1.29, 1.82) is 0 Å². The topological polar surface area (TPSA) is 21.3 Å². The van der Waals surface area contributed by atoms with E-state index in [2.05, 4.69) is 35.6 Å². The molecule has 2 nitrogen and oxygen atoms in total. The van der Waals surface area contributed by atoms with Gasteiger partial charge in [-0.25, -0.2) is 0 Å². The first-order valence-corrected chi connectivity index (χ1v) is 6.77. The van der Waals surface area contributed by atoms with Crippen molar-refractivity contribution < 1.29 is 4.74 Å². The summed E-state index contributed by atoms with van der Waals surface area (Å²) in [6, 6.07) is 10.7. The minimum atomic E-state index is 0.834. The van der Waals surface area contributed by atoms with Crippen molar-refractivity contribution >= 4 is 0 Å². The van der Waals surface area contributed by atoms with Crippen molar-refractivity contribution in [3.8, 4) is 0 Å². The van der Waals surface area contributed by atoms with Crippen molar-refractivity contribution in [2.45, 2.75) is 25.7 Å². The van der Waals surface area contributed by atoms with E-state index in [0.29, 0.717) is 0 Å². The van der Waals surface area contributed by atoms with Gasteiger partial charge < -0.3 is 10.1 Å². The first-order valence-electron chi connectivity index (χ1n) is 6.77. The monoisotopic (exact) mass is 233 g/mol. The van der Waals surface area contributed by atoms with Crippen molar-refractivity contribution in [3.05, 3.63) is 35.9 Å². The molecular formula is C15H23NO. The fraction of sp³-hybridized carbons (Fsp3) is 0.600. The molecule has 0 radical (unpaired) electrons. The summed E-state index contributed by atoms with van der Waals surface area (Å²) in [5.41, 5.74) is 1.44. The van der Waals surface area contributed by atoms with Crippen molar-refractivity contribution in [2.24, 2.45) is 5.92 Å². The van der Waals surface area contributed by atoms with Gasteiger partial charge in [-0.1, -0.05) is 30.3 Å². The summed E-state index contributed by atoms with van der Waals surface area (Å²) in [4.78, 5) is 0. The van der Waals surface area contributed by atoms with Gasteiger partial charge in [0, 0.05) is 13.2 Å². The normalized spacial score (nSPS) is 17.2. The van der Waals surface area contributed by atoms with E-state index in [9.17, 15) is 0 Å². The van der Waals surface area contributed by atoms with E-state index in [0.717, 1.165) is 32.2 Å². The lowest BCUT2D eigenvalue weighted by atomic mass is 10.0. The molecule has 17 heavy (non-hydrogen) atoms. The average Bonchev–Trinajstić information content (AvgIpc) is 2.41. The van der Waals surface area contributed by atoms with Crippen LogP contribution in [0.25, 0.3) is 0 Å². The highest BCUT2D eigenvalue weighted by Crippen LogP contribution is 2.13. The Morgan fingerprint density at radius 2 is 1.88 bits per heavy atom. The van der Waals surface area contributed by atoms with Crippen LogP contribution >= 0.6 is 0 Å². The summed E-state index contributed by atoms with van der Waals surface area (Å²) < 4.78 is 5.36. The Labute approximate surface area is 104 Å². The van der Waals surface area contributed by atoms with Crippen molar-refractivity contribution in [2.75, 3.05) is 26.3 Å². The molecule has 0 amide bonds. The smallest absolute Gasteiger partial charge is 0.0469 e. The van der Waals surface area contributed by atoms with Crippen LogP contribution in [0.1, 0.15) is 24.8 Å². The molecule has 0 saturated carbocycles. The van der Waals surface area contributed by atoms with E-state index >= 15 is 0 Å². The summed E-state index contributed by atoms with van der Waals surface area (Å²) in [5.74, 6) is 0.834. The molecule has 0 spiro atoms. The predicted octanol–water partition coefficient (Wildman–Crippen LogP) is 2.64. The zero-order valence-corrected chi connectivity index (χ0v) is 10.5. The Morgan fingerprint density at radius 1 is 1.12 bits per heavy atom. The van der Waals surface area contributed by atoms with Gasteiger partial charge in [-0.15, -0.1) is 0 Å². The third-order valence-corrected chi connectivity index (χ3v) is 3.44. The van der Waals surface area contributed by atoms with Gasteiger partial charge in [0.1, 0.15) is 0 Å². The minimum Gasteiger partial charge on any atom is -0.381 e. The number of rotatable bonds is 6. The molecule has 1 saturated heterocycles. The Kier molecular flexibility index (Phi) is 5.53. The minimum absolute atomic E-state index is 0.834. The maximum atomic E-state index is 5.36. The van der Waals surface area contributed by atoms with E-state index in [1.165, 1.54) is 31.2 Å². The van der Waals surface area contributed by atoms with Gasteiger partial charge in [-0.3, -0.25) is 0 Å². The molecule has 1 aliphatic heterocycles. The number of nitrogens with one attached hydrogen (secondary N) is 1. The second-order valence-electron chi connectivity index (χ2n) is 4.85. The molecule has 0 atom stereocenters. The fourth-order valence-corrected chi connectivity index (χ4v) is 2.32. The van der Waals surface area contributed by atoms with Crippen LogP contribution < -0.4 is 5.32 Å². The predicted molar refractivity (Wildman–Crippen MR) is 71.2 cm³/mol. The van der Waals surface area contributed by atoms with Crippen LogP contribution in [0.2, 0.25) is 0 Å². The number of benzene rings is 1. The zero-order chi connectivity index (χ0) is 11.8. The van der Waals surface area contributed by atoms with Gasteiger partial charge >= 0.3 is 0 Å². The van der Waals surface area contributed by atoms with E-state index in [4.69, 9.17) is 4.74 Å². The molecule has 1 fully saturated rings. The molecule has 2 heteroatoms. The zero-order valence-electron chi connectivity index (χ0n) is 10.5. The Balaban J connectivity index is 1.51. The molecule has 1 aromatic rings. The van der Waals surface area contributed by atoms with Crippen LogP contribution in [0.4, 0.5) is 0 Å². The lowest BCUT2D eigenvalue weighted by molar-refractivity contribution is 0.0663. The second kappa shape index (κ2) is 7.46. The molecule has 0 bridgehead atoms. The molecule has 0 aliphatic carbocycles. The third kappa shape index (κ3) is 4.88. The van der Waals surface area contributed by atoms with E-state index in [-0.39, 0.29) is 0 Å². The van der Waals surface area contributed by atoms with Gasteiger partial charge in [0.15, 0.2) is 0 Å². The third-order valence-electron chi connectivity index (χ3n) is 3.44. The van der Waals surface area contributed by atoms with Crippen molar-refractivity contribution in [1.82, 2.24) is 5.32 Å². The molecule has 0 unspecified atom stereocenters. The summed E-state index contributed by atoms with van der Waals surface area (Å²) in [7, 11) is 0. The maximum absolute atomic E-state index is 5.36. The van der Waals surface area contributed by atoms with Crippen LogP contribution in [-0.4, -0.2) is 26.3 Å². The molecule has 1 aromatic carbocycles.